The molecule has 4 heteroatoms. The van der Waals surface area contributed by atoms with E-state index in [0.717, 1.165) is 5.69 Å². The van der Waals surface area contributed by atoms with Crippen molar-refractivity contribution < 1.29 is 14.3 Å². The summed E-state index contributed by atoms with van der Waals surface area (Å²) in [5, 5.41) is 2.88. The fraction of sp³-hybridized carbons (Fsp3) is 0.278. The Labute approximate surface area is 131 Å². The first-order chi connectivity index (χ1) is 10.5. The van der Waals surface area contributed by atoms with Gasteiger partial charge >= 0.3 is 0 Å². The average molecular weight is 299 g/mol. The predicted octanol–water partition coefficient (Wildman–Crippen LogP) is 4.08. The summed E-state index contributed by atoms with van der Waals surface area (Å²) in [7, 11) is 3.10. The van der Waals surface area contributed by atoms with Crippen LogP contribution in [0.3, 0.4) is 0 Å². The van der Waals surface area contributed by atoms with Crippen LogP contribution in [0.1, 0.15) is 35.7 Å². The first kappa shape index (κ1) is 15.9. The monoisotopic (exact) mass is 299 g/mol. The number of nitrogens with one attached hydrogen (secondary N) is 1. The minimum atomic E-state index is -0.211. The molecule has 0 spiro atoms. The van der Waals surface area contributed by atoms with Gasteiger partial charge in [0.05, 0.1) is 19.8 Å². The summed E-state index contributed by atoms with van der Waals surface area (Å²) >= 11 is 0. The lowest BCUT2D eigenvalue weighted by atomic mass is 10.0. The van der Waals surface area contributed by atoms with Crippen molar-refractivity contribution >= 4 is 11.6 Å². The van der Waals surface area contributed by atoms with E-state index in [4.69, 9.17) is 9.47 Å². The molecule has 116 valence electrons. The highest BCUT2D eigenvalue weighted by molar-refractivity contribution is 6.06. The van der Waals surface area contributed by atoms with E-state index in [1.165, 1.54) is 12.7 Å². The lowest BCUT2D eigenvalue weighted by Gasteiger charge is -2.11. The Kier molecular flexibility index (Phi) is 5.04. The number of anilines is 1. The molecule has 0 saturated carbocycles. The Morgan fingerprint density at radius 2 is 1.68 bits per heavy atom. The molecular weight excluding hydrogens is 278 g/mol. The summed E-state index contributed by atoms with van der Waals surface area (Å²) in [6, 6.07) is 13.0. The first-order valence-electron chi connectivity index (χ1n) is 7.18. The molecule has 1 amide bonds. The molecule has 0 heterocycles. The van der Waals surface area contributed by atoms with Crippen molar-refractivity contribution in [2.45, 2.75) is 19.8 Å². The van der Waals surface area contributed by atoms with E-state index >= 15 is 0 Å². The van der Waals surface area contributed by atoms with Crippen LogP contribution in [-0.4, -0.2) is 20.1 Å². The highest BCUT2D eigenvalue weighted by atomic mass is 16.5. The van der Waals surface area contributed by atoms with Gasteiger partial charge in [-0.25, -0.2) is 0 Å². The van der Waals surface area contributed by atoms with Crippen molar-refractivity contribution in [3.05, 3.63) is 53.6 Å². The summed E-state index contributed by atoms with van der Waals surface area (Å²) in [5.74, 6) is 1.38. The fourth-order valence-electron chi connectivity index (χ4n) is 2.14. The molecule has 0 saturated heterocycles. The Bertz CT molecular complexity index is 648. The van der Waals surface area contributed by atoms with Crippen molar-refractivity contribution in [2.75, 3.05) is 19.5 Å². The molecule has 22 heavy (non-hydrogen) atoms. The van der Waals surface area contributed by atoms with E-state index < -0.39 is 0 Å². The van der Waals surface area contributed by atoms with Gasteiger partial charge in [0.25, 0.3) is 5.91 Å². The highest BCUT2D eigenvalue weighted by Gasteiger charge is 2.13. The van der Waals surface area contributed by atoms with E-state index in [1.807, 2.05) is 24.3 Å². The molecule has 0 aromatic heterocycles. The lowest BCUT2D eigenvalue weighted by Crippen LogP contribution is -2.13. The molecule has 0 fully saturated rings. The van der Waals surface area contributed by atoms with Gasteiger partial charge in [-0.2, -0.15) is 0 Å². The molecule has 2 aromatic rings. The second-order valence-electron chi connectivity index (χ2n) is 5.30. The van der Waals surface area contributed by atoms with Crippen LogP contribution in [0.2, 0.25) is 0 Å². The normalized spacial score (nSPS) is 10.4. The summed E-state index contributed by atoms with van der Waals surface area (Å²) in [5.41, 5.74) is 2.46. The number of ether oxygens (including phenoxy) is 2. The first-order valence-corrected chi connectivity index (χ1v) is 7.18. The summed E-state index contributed by atoms with van der Waals surface area (Å²) < 4.78 is 10.4. The zero-order valence-electron chi connectivity index (χ0n) is 13.3. The second kappa shape index (κ2) is 6.98. The maximum absolute atomic E-state index is 12.4. The van der Waals surface area contributed by atoms with Crippen molar-refractivity contribution in [2.24, 2.45) is 0 Å². The number of hydrogen-bond donors (Lipinski definition) is 1. The van der Waals surface area contributed by atoms with Gasteiger partial charge in [-0.3, -0.25) is 4.79 Å². The molecule has 0 unspecified atom stereocenters. The number of rotatable bonds is 5. The van der Waals surface area contributed by atoms with Crippen LogP contribution in [0.15, 0.2) is 42.5 Å². The van der Waals surface area contributed by atoms with Gasteiger partial charge in [-0.1, -0.05) is 26.0 Å². The Balaban J connectivity index is 2.18. The average Bonchev–Trinajstić information content (AvgIpc) is 2.54. The molecule has 0 aliphatic carbocycles. The molecule has 0 bridgehead atoms. The molecule has 0 radical (unpaired) electrons. The van der Waals surface area contributed by atoms with Crippen molar-refractivity contribution in [3.63, 3.8) is 0 Å². The second-order valence-corrected chi connectivity index (χ2v) is 5.30. The Morgan fingerprint density at radius 3 is 2.23 bits per heavy atom. The quantitative estimate of drug-likeness (QED) is 0.905. The molecular formula is C18H21NO3. The minimum absolute atomic E-state index is 0.211. The number of methoxy groups -OCH3 is 2. The molecule has 2 aromatic carbocycles. The van der Waals surface area contributed by atoms with Gasteiger partial charge in [0, 0.05) is 11.8 Å². The maximum atomic E-state index is 12.4. The fourth-order valence-corrected chi connectivity index (χ4v) is 2.14. The van der Waals surface area contributed by atoms with E-state index in [9.17, 15) is 4.79 Å². The largest absolute Gasteiger partial charge is 0.497 e. The van der Waals surface area contributed by atoms with Gasteiger partial charge in [-0.15, -0.1) is 0 Å². The third kappa shape index (κ3) is 3.58. The molecule has 0 aliphatic heterocycles. The molecule has 0 aliphatic rings. The summed E-state index contributed by atoms with van der Waals surface area (Å²) in [4.78, 5) is 12.4. The maximum Gasteiger partial charge on any atom is 0.259 e. The Hall–Kier alpha value is -2.49. The van der Waals surface area contributed by atoms with Crippen LogP contribution in [0.4, 0.5) is 5.69 Å². The van der Waals surface area contributed by atoms with Crippen molar-refractivity contribution in [3.8, 4) is 11.5 Å². The lowest BCUT2D eigenvalue weighted by molar-refractivity contribution is 0.102. The van der Waals surface area contributed by atoms with Crippen LogP contribution in [0, 0.1) is 0 Å². The number of hydrogen-bond acceptors (Lipinski definition) is 3. The zero-order chi connectivity index (χ0) is 16.1. The Morgan fingerprint density at radius 1 is 1.00 bits per heavy atom. The summed E-state index contributed by atoms with van der Waals surface area (Å²) in [6.45, 7) is 4.27. The van der Waals surface area contributed by atoms with Crippen LogP contribution < -0.4 is 14.8 Å². The third-order valence-corrected chi connectivity index (χ3v) is 3.49. The molecule has 0 atom stereocenters. The van der Waals surface area contributed by atoms with E-state index in [-0.39, 0.29) is 5.91 Å². The molecule has 4 nitrogen and oxygen atoms in total. The highest BCUT2D eigenvalue weighted by Crippen LogP contribution is 2.25. The topological polar surface area (TPSA) is 47.6 Å². The zero-order valence-corrected chi connectivity index (χ0v) is 13.3. The predicted molar refractivity (Wildman–Crippen MR) is 88.0 cm³/mol. The van der Waals surface area contributed by atoms with Crippen LogP contribution in [-0.2, 0) is 0 Å². The van der Waals surface area contributed by atoms with Gasteiger partial charge in [0.15, 0.2) is 0 Å². The van der Waals surface area contributed by atoms with Crippen LogP contribution in [0.25, 0.3) is 0 Å². The van der Waals surface area contributed by atoms with E-state index in [0.29, 0.717) is 23.0 Å². The smallest absolute Gasteiger partial charge is 0.259 e. The van der Waals surface area contributed by atoms with Gasteiger partial charge < -0.3 is 14.8 Å². The number of amides is 1. The van der Waals surface area contributed by atoms with Gasteiger partial charge in [0.1, 0.15) is 11.5 Å². The van der Waals surface area contributed by atoms with Crippen molar-refractivity contribution in [1.82, 2.24) is 0 Å². The van der Waals surface area contributed by atoms with Gasteiger partial charge in [-0.05, 0) is 35.7 Å². The summed E-state index contributed by atoms with van der Waals surface area (Å²) in [6.07, 6.45) is 0. The van der Waals surface area contributed by atoms with Crippen LogP contribution >= 0.6 is 0 Å². The number of carbonyl (C=O) groups excluding carboxylic acids is 1. The number of carbonyl (C=O) groups is 1. The van der Waals surface area contributed by atoms with E-state index in [2.05, 4.69) is 19.2 Å². The standard InChI is InChI=1S/C18H21NO3/c1-12(2)13-5-7-14(8-6-13)19-18(20)16-10-9-15(21-3)11-17(16)22-4/h5-12H,1-4H3,(H,19,20). The van der Waals surface area contributed by atoms with Crippen molar-refractivity contribution in [1.29, 1.82) is 0 Å². The minimum Gasteiger partial charge on any atom is -0.497 e. The SMILES string of the molecule is COc1ccc(C(=O)Nc2ccc(C(C)C)cc2)c(OC)c1. The van der Waals surface area contributed by atoms with Gasteiger partial charge in [0.2, 0.25) is 0 Å². The molecule has 2 rings (SSSR count). The third-order valence-electron chi connectivity index (χ3n) is 3.49. The van der Waals surface area contributed by atoms with Crippen LogP contribution in [0.5, 0.6) is 11.5 Å². The number of benzene rings is 2. The van der Waals surface area contributed by atoms with E-state index in [1.54, 1.807) is 25.3 Å². The molecule has 1 N–H and O–H groups in total.